The van der Waals surface area contributed by atoms with Crippen LogP contribution in [0, 0.1) is 35.5 Å². The van der Waals surface area contributed by atoms with Gasteiger partial charge in [-0.2, -0.15) is 0 Å². The van der Waals surface area contributed by atoms with E-state index in [9.17, 15) is 0 Å². The van der Waals surface area contributed by atoms with Crippen LogP contribution < -0.4 is 0 Å². The summed E-state index contributed by atoms with van der Waals surface area (Å²) in [6.45, 7) is 17.4. The van der Waals surface area contributed by atoms with Crippen molar-refractivity contribution in [1.82, 2.24) is 0 Å². The summed E-state index contributed by atoms with van der Waals surface area (Å²) >= 11 is 0. The van der Waals surface area contributed by atoms with Crippen molar-refractivity contribution in [2.24, 2.45) is 35.5 Å². The fraction of sp³-hybridized carbons (Fsp3) is 1.00. The minimum Gasteiger partial charge on any atom is -0.0628 e. The van der Waals surface area contributed by atoms with Crippen LogP contribution in [0.15, 0.2) is 0 Å². The Balaban J connectivity index is 3.68. The molecule has 0 radical (unpaired) electrons. The van der Waals surface area contributed by atoms with E-state index in [2.05, 4.69) is 48.5 Å². The number of unbranched alkanes of at least 4 members (excludes halogenated alkanes) is 1. The molecule has 0 nitrogen and oxygen atoms in total. The highest BCUT2D eigenvalue weighted by atomic mass is 14.1. The first-order valence-electron chi connectivity index (χ1n) is 14.7. The third-order valence-corrected chi connectivity index (χ3v) is 7.22. The van der Waals surface area contributed by atoms with Crippen LogP contribution in [-0.2, 0) is 0 Å². The van der Waals surface area contributed by atoms with Crippen LogP contribution in [0.2, 0.25) is 0 Å². The van der Waals surface area contributed by atoms with Crippen molar-refractivity contribution >= 4 is 0 Å². The number of hydrogen-bond donors (Lipinski definition) is 0. The summed E-state index contributed by atoms with van der Waals surface area (Å²) in [5, 5.41) is 0. The zero-order valence-corrected chi connectivity index (χ0v) is 22.5. The molecule has 0 fully saturated rings. The molecule has 0 N–H and O–H groups in total. The second kappa shape index (κ2) is 19.7. The SMILES string of the molecule is [2H]CC(CCCCC(C)CCCC(C)CCCC(C)C)CCCC(C)CCCC(C)C. The van der Waals surface area contributed by atoms with Crippen LogP contribution in [0.5, 0.6) is 0 Å². The summed E-state index contributed by atoms with van der Waals surface area (Å²) in [7, 11) is 0. The quantitative estimate of drug-likeness (QED) is 0.161. The van der Waals surface area contributed by atoms with Crippen molar-refractivity contribution < 1.29 is 1.37 Å². The van der Waals surface area contributed by atoms with Crippen LogP contribution in [0.4, 0.5) is 0 Å². The molecule has 4 unspecified atom stereocenters. The first kappa shape index (κ1) is 28.0. The topological polar surface area (TPSA) is 0 Å². The van der Waals surface area contributed by atoms with Crippen molar-refractivity contribution in [1.29, 1.82) is 0 Å². The Morgan fingerprint density at radius 3 is 0.967 bits per heavy atom. The maximum absolute atomic E-state index is 7.93. The fourth-order valence-corrected chi connectivity index (χ4v) is 4.82. The largest absolute Gasteiger partial charge is 0.0628 e. The third kappa shape index (κ3) is 21.2. The molecule has 0 heteroatoms. The monoisotopic (exact) mass is 423 g/mol. The van der Waals surface area contributed by atoms with E-state index >= 15 is 0 Å². The predicted molar refractivity (Wildman–Crippen MR) is 140 cm³/mol. The van der Waals surface area contributed by atoms with E-state index in [0.717, 1.165) is 29.6 Å². The number of rotatable bonds is 21. The smallest absolute Gasteiger partial charge is 0.0233 e. The van der Waals surface area contributed by atoms with Gasteiger partial charge in [0.15, 0.2) is 0 Å². The normalized spacial score (nSPS) is 16.6. The van der Waals surface area contributed by atoms with Gasteiger partial charge in [-0.15, -0.1) is 0 Å². The van der Waals surface area contributed by atoms with Gasteiger partial charge in [-0.3, -0.25) is 0 Å². The third-order valence-electron chi connectivity index (χ3n) is 7.22. The van der Waals surface area contributed by atoms with Gasteiger partial charge >= 0.3 is 0 Å². The van der Waals surface area contributed by atoms with Gasteiger partial charge in [-0.25, -0.2) is 0 Å². The molecule has 0 aliphatic heterocycles. The molecule has 0 aromatic carbocycles. The van der Waals surface area contributed by atoms with E-state index in [1.165, 1.54) is 103 Å². The van der Waals surface area contributed by atoms with Gasteiger partial charge in [0.1, 0.15) is 0 Å². The second-order valence-corrected chi connectivity index (χ2v) is 12.0. The molecule has 0 rings (SSSR count). The molecule has 0 aliphatic rings. The Kier molecular flexibility index (Phi) is 18.4. The Morgan fingerprint density at radius 1 is 0.367 bits per heavy atom. The van der Waals surface area contributed by atoms with Crippen LogP contribution >= 0.6 is 0 Å². The second-order valence-electron chi connectivity index (χ2n) is 12.0. The average molecular weight is 424 g/mol. The highest BCUT2D eigenvalue weighted by Crippen LogP contribution is 2.24. The summed E-state index contributed by atoms with van der Waals surface area (Å²) in [4.78, 5) is 0. The van der Waals surface area contributed by atoms with Gasteiger partial charge in [0, 0.05) is 1.37 Å². The minimum atomic E-state index is 0.645. The molecule has 0 aromatic heterocycles. The maximum Gasteiger partial charge on any atom is 0.0233 e. The van der Waals surface area contributed by atoms with E-state index in [1.54, 1.807) is 0 Å². The van der Waals surface area contributed by atoms with E-state index in [4.69, 9.17) is 1.37 Å². The standard InChI is InChI=1S/C30H62/c1-25(2)15-11-19-29(7)23-13-21-27(5)17-9-10-18-28(6)22-14-24-30(8)20-12-16-26(3)4/h25-30H,9-24H2,1-8H3/i5D. The molecule has 0 heterocycles. The zero-order chi connectivity index (χ0) is 23.5. The summed E-state index contributed by atoms with van der Waals surface area (Å²) in [5.41, 5.74) is 0. The highest BCUT2D eigenvalue weighted by Gasteiger charge is 2.09. The van der Waals surface area contributed by atoms with Crippen LogP contribution in [0.25, 0.3) is 0 Å². The van der Waals surface area contributed by atoms with E-state index in [0.29, 0.717) is 12.8 Å². The van der Waals surface area contributed by atoms with Crippen LogP contribution in [0.1, 0.15) is 159 Å². The molecule has 4 atom stereocenters. The Labute approximate surface area is 195 Å². The lowest BCUT2D eigenvalue weighted by molar-refractivity contribution is 0.369. The lowest BCUT2D eigenvalue weighted by Gasteiger charge is -2.16. The van der Waals surface area contributed by atoms with Crippen LogP contribution in [-0.4, -0.2) is 0 Å². The first-order chi connectivity index (χ1) is 14.7. The molecule has 0 spiro atoms. The molecular weight excluding hydrogens is 360 g/mol. The van der Waals surface area contributed by atoms with Crippen molar-refractivity contribution in [3.05, 3.63) is 0 Å². The zero-order valence-electron chi connectivity index (χ0n) is 23.5. The molecule has 0 saturated heterocycles. The van der Waals surface area contributed by atoms with E-state index in [1.807, 2.05) is 0 Å². The molecule has 0 saturated carbocycles. The predicted octanol–water partition coefficient (Wildman–Crippen LogP) is 11.1. The molecule has 0 amide bonds. The van der Waals surface area contributed by atoms with Gasteiger partial charge in [0.05, 0.1) is 0 Å². The molecule has 0 bridgehead atoms. The Bertz CT molecular complexity index is 361. The lowest BCUT2D eigenvalue weighted by Crippen LogP contribution is -2.01. The van der Waals surface area contributed by atoms with Crippen molar-refractivity contribution in [2.75, 3.05) is 0 Å². The average Bonchev–Trinajstić information content (AvgIpc) is 2.69. The van der Waals surface area contributed by atoms with Crippen LogP contribution in [0.3, 0.4) is 0 Å². The van der Waals surface area contributed by atoms with E-state index in [-0.39, 0.29) is 0 Å². The lowest BCUT2D eigenvalue weighted by atomic mass is 9.90. The van der Waals surface area contributed by atoms with Gasteiger partial charge in [0.25, 0.3) is 0 Å². The highest BCUT2D eigenvalue weighted by molar-refractivity contribution is 4.62. The summed E-state index contributed by atoms with van der Waals surface area (Å²) in [6, 6.07) is 0. The Hall–Kier alpha value is 0. The fourth-order valence-electron chi connectivity index (χ4n) is 4.82. The summed E-state index contributed by atoms with van der Waals surface area (Å²) < 4.78 is 7.93. The maximum atomic E-state index is 7.93. The minimum absolute atomic E-state index is 0.645. The number of hydrogen-bond acceptors (Lipinski definition) is 0. The molecule has 182 valence electrons. The molecule has 0 aliphatic carbocycles. The first-order valence-corrected chi connectivity index (χ1v) is 14.0. The van der Waals surface area contributed by atoms with Crippen molar-refractivity contribution in [3.8, 4) is 0 Å². The van der Waals surface area contributed by atoms with Gasteiger partial charge in [0.2, 0.25) is 0 Å². The van der Waals surface area contributed by atoms with Gasteiger partial charge < -0.3 is 0 Å². The molecular formula is C30H62. The summed E-state index contributed by atoms with van der Waals surface area (Å²) in [5.74, 6) is 5.06. The molecule has 30 heavy (non-hydrogen) atoms. The van der Waals surface area contributed by atoms with E-state index < -0.39 is 0 Å². The van der Waals surface area contributed by atoms with Gasteiger partial charge in [-0.05, 0) is 35.5 Å². The van der Waals surface area contributed by atoms with Crippen molar-refractivity contribution in [3.63, 3.8) is 0 Å². The van der Waals surface area contributed by atoms with Crippen molar-refractivity contribution in [2.45, 2.75) is 158 Å². The molecule has 0 aromatic rings. The summed E-state index contributed by atoms with van der Waals surface area (Å²) in [6.07, 6.45) is 22.2. The van der Waals surface area contributed by atoms with Gasteiger partial charge in [-0.1, -0.05) is 158 Å². The Morgan fingerprint density at radius 2 is 0.633 bits per heavy atom.